The summed E-state index contributed by atoms with van der Waals surface area (Å²) in [4.78, 5) is 11.1. The average Bonchev–Trinajstić information content (AvgIpc) is 2.36. The van der Waals surface area contributed by atoms with Crippen LogP contribution in [0.2, 0.25) is 0 Å². The molecule has 4 nitrogen and oxygen atoms in total. The van der Waals surface area contributed by atoms with E-state index in [0.717, 1.165) is 7.11 Å². The molecule has 0 aliphatic rings. The van der Waals surface area contributed by atoms with Gasteiger partial charge in [0.05, 0.1) is 7.11 Å². The van der Waals surface area contributed by atoms with E-state index in [-0.39, 0.29) is 11.3 Å². The molecule has 0 atom stereocenters. The van der Waals surface area contributed by atoms with Crippen molar-refractivity contribution in [3.05, 3.63) is 35.4 Å². The van der Waals surface area contributed by atoms with Gasteiger partial charge in [-0.15, -0.1) is 0 Å². The lowest BCUT2D eigenvalue weighted by Crippen LogP contribution is -2.03. The van der Waals surface area contributed by atoms with Crippen molar-refractivity contribution in [3.63, 3.8) is 0 Å². The van der Waals surface area contributed by atoms with Crippen LogP contribution in [0.4, 0.5) is 8.78 Å². The molecule has 6 heteroatoms. The van der Waals surface area contributed by atoms with Gasteiger partial charge >= 0.3 is 12.6 Å². The topological polar surface area (TPSA) is 59.3 Å². The summed E-state index contributed by atoms with van der Waals surface area (Å²) in [5.41, 5.74) is 0.318. The molecule has 0 N–H and O–H groups in total. The number of hydrogen-bond acceptors (Lipinski definition) is 4. The summed E-state index contributed by atoms with van der Waals surface area (Å²) in [5.74, 6) is -0.760. The third-order valence-corrected chi connectivity index (χ3v) is 1.94. The fourth-order valence-corrected chi connectivity index (χ4v) is 1.16. The Morgan fingerprint density at radius 2 is 2.00 bits per heavy atom. The number of carbonyl (C=O) groups is 1. The quantitative estimate of drug-likeness (QED) is 0.469. The first-order valence-electron chi connectivity index (χ1n) is 4.82. The van der Waals surface area contributed by atoms with Crippen molar-refractivity contribution in [2.75, 3.05) is 7.11 Å². The van der Waals surface area contributed by atoms with Gasteiger partial charge in [-0.25, -0.2) is 4.79 Å². The van der Waals surface area contributed by atoms with Crippen LogP contribution in [-0.2, 0) is 9.53 Å². The Labute approximate surface area is 102 Å². The van der Waals surface area contributed by atoms with Gasteiger partial charge in [0, 0.05) is 0 Å². The van der Waals surface area contributed by atoms with Gasteiger partial charge in [0.1, 0.15) is 17.4 Å². The molecule has 0 aromatic heterocycles. The second kappa shape index (κ2) is 6.35. The number of nitriles is 1. The van der Waals surface area contributed by atoms with E-state index in [2.05, 4.69) is 9.47 Å². The van der Waals surface area contributed by atoms with Crippen LogP contribution in [0, 0.1) is 11.3 Å². The highest BCUT2D eigenvalue weighted by Gasteiger charge is 2.08. The van der Waals surface area contributed by atoms with E-state index in [1.807, 2.05) is 0 Å². The van der Waals surface area contributed by atoms with Crippen molar-refractivity contribution in [2.45, 2.75) is 6.61 Å². The van der Waals surface area contributed by atoms with Gasteiger partial charge in [-0.3, -0.25) is 0 Å². The number of alkyl halides is 2. The van der Waals surface area contributed by atoms with Crippen LogP contribution in [0.15, 0.2) is 29.8 Å². The summed E-state index contributed by atoms with van der Waals surface area (Å²) in [6.45, 7) is -2.89. The molecule has 0 saturated carbocycles. The summed E-state index contributed by atoms with van der Waals surface area (Å²) in [5, 5.41) is 8.72. The van der Waals surface area contributed by atoms with E-state index in [4.69, 9.17) is 5.26 Å². The van der Waals surface area contributed by atoms with E-state index in [1.54, 1.807) is 6.07 Å². The number of ether oxygens (including phenoxy) is 2. The molecule has 1 aromatic rings. The Bertz CT molecular complexity index is 489. The third kappa shape index (κ3) is 3.87. The normalized spacial score (nSPS) is 10.9. The van der Waals surface area contributed by atoms with Gasteiger partial charge in [0.2, 0.25) is 0 Å². The van der Waals surface area contributed by atoms with Crippen molar-refractivity contribution >= 4 is 12.0 Å². The zero-order valence-corrected chi connectivity index (χ0v) is 9.39. The molecule has 0 aliphatic heterocycles. The number of nitrogens with zero attached hydrogens (tertiary/aromatic N) is 1. The van der Waals surface area contributed by atoms with Gasteiger partial charge in [0.25, 0.3) is 0 Å². The van der Waals surface area contributed by atoms with Crippen molar-refractivity contribution in [1.29, 1.82) is 5.26 Å². The molecule has 0 bridgehead atoms. The number of halogens is 2. The smallest absolute Gasteiger partial charge is 0.387 e. The fraction of sp³-hybridized carbons (Fsp3) is 0.167. The zero-order valence-electron chi connectivity index (χ0n) is 9.39. The summed E-state index contributed by atoms with van der Waals surface area (Å²) in [6.07, 6.45) is 1.29. The van der Waals surface area contributed by atoms with Gasteiger partial charge < -0.3 is 9.47 Å². The minimum atomic E-state index is -2.89. The maximum Gasteiger partial charge on any atom is 0.387 e. The fourth-order valence-electron chi connectivity index (χ4n) is 1.16. The second-order valence-electron chi connectivity index (χ2n) is 3.11. The van der Waals surface area contributed by atoms with E-state index in [9.17, 15) is 13.6 Å². The highest BCUT2D eigenvalue weighted by molar-refractivity contribution is 5.97. The Kier molecular flexibility index (Phi) is 4.81. The Hall–Kier alpha value is -2.42. The van der Waals surface area contributed by atoms with Gasteiger partial charge in [-0.05, 0) is 23.8 Å². The maximum absolute atomic E-state index is 11.9. The van der Waals surface area contributed by atoms with Crippen LogP contribution in [-0.4, -0.2) is 19.7 Å². The highest BCUT2D eigenvalue weighted by Crippen LogP contribution is 2.16. The van der Waals surface area contributed by atoms with Gasteiger partial charge in [-0.2, -0.15) is 14.0 Å². The lowest BCUT2D eigenvalue weighted by Gasteiger charge is -2.04. The number of rotatable bonds is 4. The largest absolute Gasteiger partial charge is 0.465 e. The number of benzene rings is 1. The first-order valence-corrected chi connectivity index (χ1v) is 4.82. The number of hydrogen-bond donors (Lipinski definition) is 0. The zero-order chi connectivity index (χ0) is 13.5. The molecule has 0 unspecified atom stereocenters. The van der Waals surface area contributed by atoms with Crippen LogP contribution in [0.5, 0.6) is 5.75 Å². The molecule has 94 valence electrons. The number of methoxy groups -OCH3 is 1. The lowest BCUT2D eigenvalue weighted by atomic mass is 10.1. The second-order valence-corrected chi connectivity index (χ2v) is 3.11. The molecule has 18 heavy (non-hydrogen) atoms. The molecule has 0 radical (unpaired) electrons. The van der Waals surface area contributed by atoms with Crippen molar-refractivity contribution < 1.29 is 23.0 Å². The van der Waals surface area contributed by atoms with Crippen LogP contribution in [0.3, 0.4) is 0 Å². The Morgan fingerprint density at radius 1 is 1.39 bits per heavy atom. The van der Waals surface area contributed by atoms with Crippen LogP contribution in [0.1, 0.15) is 5.56 Å². The molecule has 1 rings (SSSR count). The van der Waals surface area contributed by atoms with Crippen molar-refractivity contribution in [3.8, 4) is 11.8 Å². The van der Waals surface area contributed by atoms with Crippen molar-refractivity contribution in [1.82, 2.24) is 0 Å². The minimum absolute atomic E-state index is 0.00118. The molecular weight excluding hydrogens is 244 g/mol. The molecule has 0 heterocycles. The minimum Gasteiger partial charge on any atom is -0.465 e. The molecule has 0 amide bonds. The standard InChI is InChI=1S/C12H9F2NO3/c1-17-11(16)9(7-15)6-8-2-4-10(5-3-8)18-12(13)14/h2-6,12H,1H3/b9-6+. The molecule has 0 saturated heterocycles. The highest BCUT2D eigenvalue weighted by atomic mass is 19.3. The van der Waals surface area contributed by atoms with Crippen LogP contribution >= 0.6 is 0 Å². The molecule has 0 fully saturated rings. The Balaban J connectivity index is 2.89. The van der Waals surface area contributed by atoms with E-state index >= 15 is 0 Å². The first kappa shape index (κ1) is 13.6. The summed E-state index contributed by atoms with van der Waals surface area (Å²) in [7, 11) is 1.16. The van der Waals surface area contributed by atoms with E-state index < -0.39 is 12.6 Å². The first-order chi connectivity index (χ1) is 8.56. The summed E-state index contributed by atoms with van der Waals surface area (Å²) < 4.78 is 32.4. The number of esters is 1. The van der Waals surface area contributed by atoms with Crippen LogP contribution in [0.25, 0.3) is 6.08 Å². The average molecular weight is 253 g/mol. The lowest BCUT2D eigenvalue weighted by molar-refractivity contribution is -0.135. The third-order valence-electron chi connectivity index (χ3n) is 1.94. The van der Waals surface area contributed by atoms with E-state index in [0.29, 0.717) is 5.56 Å². The van der Waals surface area contributed by atoms with E-state index in [1.165, 1.54) is 30.3 Å². The summed E-state index contributed by atoms with van der Waals surface area (Å²) in [6, 6.07) is 7.19. The summed E-state index contributed by atoms with van der Waals surface area (Å²) >= 11 is 0. The molecular formula is C12H9F2NO3. The Morgan fingerprint density at radius 3 is 2.44 bits per heavy atom. The molecule has 0 aliphatic carbocycles. The van der Waals surface area contributed by atoms with Gasteiger partial charge in [-0.1, -0.05) is 12.1 Å². The SMILES string of the molecule is COC(=O)/C(C#N)=C/c1ccc(OC(F)F)cc1. The molecule has 1 aromatic carbocycles. The van der Waals surface area contributed by atoms with Crippen LogP contribution < -0.4 is 4.74 Å². The predicted molar refractivity (Wildman–Crippen MR) is 58.7 cm³/mol. The van der Waals surface area contributed by atoms with Crippen molar-refractivity contribution in [2.24, 2.45) is 0 Å². The number of carbonyl (C=O) groups excluding carboxylic acids is 1. The predicted octanol–water partition coefficient (Wildman–Crippen LogP) is 2.37. The molecule has 0 spiro atoms. The monoisotopic (exact) mass is 253 g/mol. The van der Waals surface area contributed by atoms with Gasteiger partial charge in [0.15, 0.2) is 0 Å². The maximum atomic E-state index is 11.9.